The number of thiophene rings is 1. The van der Waals surface area contributed by atoms with Crippen LogP contribution in [0.2, 0.25) is 0 Å². The molecule has 3 saturated carbocycles. The third kappa shape index (κ3) is 4.42. The van der Waals surface area contributed by atoms with Crippen LogP contribution < -0.4 is 5.32 Å². The van der Waals surface area contributed by atoms with Crippen molar-refractivity contribution in [2.45, 2.75) is 68.9 Å². The Labute approximate surface area is 160 Å². The molecule has 0 unspecified atom stereocenters. The zero-order chi connectivity index (χ0) is 19.2. The van der Waals surface area contributed by atoms with Gasteiger partial charge in [-0.2, -0.15) is 0 Å². The maximum absolute atomic E-state index is 13.2. The van der Waals surface area contributed by atoms with Crippen LogP contribution in [-0.4, -0.2) is 46.6 Å². The fourth-order valence-electron chi connectivity index (χ4n) is 3.88. The van der Waals surface area contributed by atoms with Crippen LogP contribution in [0.25, 0.3) is 0 Å². The summed E-state index contributed by atoms with van der Waals surface area (Å²) in [6.45, 7) is 0.613. The van der Waals surface area contributed by atoms with Crippen LogP contribution in [0.4, 0.5) is 13.6 Å². The van der Waals surface area contributed by atoms with E-state index in [1.54, 1.807) is 11.0 Å². The highest BCUT2D eigenvalue weighted by Gasteiger charge is 2.47. The van der Waals surface area contributed by atoms with Gasteiger partial charge in [-0.3, -0.25) is 4.79 Å². The summed E-state index contributed by atoms with van der Waals surface area (Å²) in [6.07, 6.45) is 2.41. The van der Waals surface area contributed by atoms with Crippen molar-refractivity contribution in [1.82, 2.24) is 10.2 Å². The van der Waals surface area contributed by atoms with Crippen LogP contribution in [0.5, 0.6) is 0 Å². The van der Waals surface area contributed by atoms with Gasteiger partial charge in [0.1, 0.15) is 0 Å². The molecule has 5 nitrogen and oxygen atoms in total. The van der Waals surface area contributed by atoms with Crippen molar-refractivity contribution in [2.75, 3.05) is 6.54 Å². The van der Waals surface area contributed by atoms with Crippen molar-refractivity contribution in [3.63, 3.8) is 0 Å². The molecular formula is C19H24F2N2O3S. The van der Waals surface area contributed by atoms with Crippen molar-refractivity contribution in [1.29, 1.82) is 0 Å². The summed E-state index contributed by atoms with van der Waals surface area (Å²) < 4.78 is 26.4. The normalized spacial score (nSPS) is 27.2. The third-order valence-electron chi connectivity index (χ3n) is 5.82. The quantitative estimate of drug-likeness (QED) is 0.751. The second kappa shape index (κ2) is 7.04. The van der Waals surface area contributed by atoms with Crippen LogP contribution in [0.1, 0.15) is 65.4 Å². The van der Waals surface area contributed by atoms with E-state index in [4.69, 9.17) is 0 Å². The predicted octanol–water partition coefficient (Wildman–Crippen LogP) is 4.30. The van der Waals surface area contributed by atoms with Gasteiger partial charge < -0.3 is 15.3 Å². The Morgan fingerprint density at radius 3 is 2.56 bits per heavy atom. The van der Waals surface area contributed by atoms with Gasteiger partial charge in [-0.25, -0.2) is 13.6 Å². The Morgan fingerprint density at radius 2 is 1.93 bits per heavy atom. The second-order valence-corrected chi connectivity index (χ2v) is 9.21. The predicted molar refractivity (Wildman–Crippen MR) is 97.6 cm³/mol. The van der Waals surface area contributed by atoms with Gasteiger partial charge in [-0.05, 0) is 50.2 Å². The minimum absolute atomic E-state index is 0.0123. The van der Waals surface area contributed by atoms with Crippen LogP contribution in [0.15, 0.2) is 12.1 Å². The molecule has 2 amide bonds. The number of rotatable bonds is 6. The lowest BCUT2D eigenvalue weighted by Gasteiger charge is -2.28. The van der Waals surface area contributed by atoms with E-state index in [0.717, 1.165) is 24.1 Å². The molecule has 3 fully saturated rings. The lowest BCUT2D eigenvalue weighted by Crippen LogP contribution is -2.40. The maximum Gasteiger partial charge on any atom is 0.407 e. The molecule has 2 N–H and O–H groups in total. The zero-order valence-corrected chi connectivity index (χ0v) is 15.8. The number of hydrogen-bond donors (Lipinski definition) is 2. The lowest BCUT2D eigenvalue weighted by molar-refractivity contribution is -0.0399. The molecule has 0 bridgehead atoms. The Balaban J connectivity index is 1.32. The number of alkyl halides is 2. The highest BCUT2D eigenvalue weighted by atomic mass is 32.1. The molecule has 0 saturated heterocycles. The molecule has 4 rings (SSSR count). The van der Waals surface area contributed by atoms with Gasteiger partial charge in [-0.1, -0.05) is 0 Å². The summed E-state index contributed by atoms with van der Waals surface area (Å²) in [5, 5.41) is 12.3. The average molecular weight is 398 g/mol. The van der Waals surface area contributed by atoms with Gasteiger partial charge in [-0.15, -0.1) is 11.3 Å². The number of carbonyl (C=O) groups is 2. The molecule has 8 heteroatoms. The van der Waals surface area contributed by atoms with Crippen LogP contribution in [-0.2, 0) is 0 Å². The van der Waals surface area contributed by atoms with Gasteiger partial charge in [0, 0.05) is 42.3 Å². The summed E-state index contributed by atoms with van der Waals surface area (Å²) in [6, 6.07) is 3.47. The Hall–Kier alpha value is -1.70. The maximum atomic E-state index is 13.2. The van der Waals surface area contributed by atoms with Crippen LogP contribution in [0, 0.1) is 5.92 Å². The smallest absolute Gasteiger partial charge is 0.407 e. The average Bonchev–Trinajstić information content (AvgIpc) is 3.53. The Morgan fingerprint density at radius 1 is 1.22 bits per heavy atom. The van der Waals surface area contributed by atoms with E-state index in [9.17, 15) is 23.5 Å². The van der Waals surface area contributed by atoms with E-state index < -0.39 is 12.0 Å². The van der Waals surface area contributed by atoms with Crippen molar-refractivity contribution in [3.05, 3.63) is 21.9 Å². The van der Waals surface area contributed by atoms with Crippen LogP contribution in [0.3, 0.4) is 0 Å². The molecule has 0 aromatic carbocycles. The standard InChI is InChI=1S/C19H24F2N2O3S/c20-19(21)7-5-12(6-8-19)22-17(24)16-4-3-15(27-16)13-9-14(13)23(18(25)26)10-11-1-2-11/h3-4,11-14H,1-2,5-10H2,(H,22,24)(H,25,26)/t13-,14-/m1/s1. The summed E-state index contributed by atoms with van der Waals surface area (Å²) in [7, 11) is 0. The number of carboxylic acid groups (broad SMARTS) is 1. The first-order valence-corrected chi connectivity index (χ1v) is 10.4. The van der Waals surface area contributed by atoms with Crippen LogP contribution >= 0.6 is 11.3 Å². The molecule has 148 valence electrons. The van der Waals surface area contributed by atoms with Gasteiger partial charge >= 0.3 is 6.09 Å². The van der Waals surface area contributed by atoms with E-state index in [0.29, 0.717) is 30.2 Å². The highest BCUT2D eigenvalue weighted by Crippen LogP contribution is 2.48. The minimum Gasteiger partial charge on any atom is -0.465 e. The minimum atomic E-state index is -2.60. The monoisotopic (exact) mass is 398 g/mol. The van der Waals surface area contributed by atoms with Gasteiger partial charge in [0.25, 0.3) is 5.91 Å². The summed E-state index contributed by atoms with van der Waals surface area (Å²) in [5.41, 5.74) is 0. The molecule has 0 radical (unpaired) electrons. The summed E-state index contributed by atoms with van der Waals surface area (Å²) in [5.74, 6) is -2.14. The molecule has 1 heterocycles. The molecule has 3 aliphatic rings. The highest BCUT2D eigenvalue weighted by molar-refractivity contribution is 7.14. The first kappa shape index (κ1) is 18.7. The lowest BCUT2D eigenvalue weighted by atomic mass is 9.92. The van der Waals surface area contributed by atoms with Crippen molar-refractivity contribution in [3.8, 4) is 0 Å². The second-order valence-electron chi connectivity index (χ2n) is 8.09. The molecule has 3 aliphatic carbocycles. The zero-order valence-electron chi connectivity index (χ0n) is 15.0. The number of hydrogen-bond acceptors (Lipinski definition) is 3. The van der Waals surface area contributed by atoms with E-state index in [1.165, 1.54) is 11.3 Å². The van der Waals surface area contributed by atoms with Crippen molar-refractivity contribution >= 4 is 23.3 Å². The fourth-order valence-corrected chi connectivity index (χ4v) is 4.96. The molecule has 27 heavy (non-hydrogen) atoms. The number of amides is 2. The van der Waals surface area contributed by atoms with Gasteiger partial charge in [0.05, 0.1) is 4.88 Å². The largest absolute Gasteiger partial charge is 0.465 e. The fraction of sp³-hybridized carbons (Fsp3) is 0.684. The van der Waals surface area contributed by atoms with Crippen molar-refractivity contribution in [2.24, 2.45) is 5.92 Å². The number of halogens is 2. The molecule has 2 atom stereocenters. The first-order chi connectivity index (χ1) is 12.8. The Bertz CT molecular complexity index is 724. The molecule has 1 aromatic heterocycles. The first-order valence-electron chi connectivity index (χ1n) is 9.60. The van der Waals surface area contributed by atoms with E-state index in [-0.39, 0.29) is 36.8 Å². The SMILES string of the molecule is O=C(NC1CCC(F)(F)CC1)c1ccc([C@@H]2C[C@H]2N(CC2CC2)C(=O)O)s1. The van der Waals surface area contributed by atoms with E-state index in [1.807, 2.05) is 6.07 Å². The molecule has 1 aromatic rings. The van der Waals surface area contributed by atoms with E-state index in [2.05, 4.69) is 5.32 Å². The molecular weight excluding hydrogens is 374 g/mol. The molecule has 0 spiro atoms. The van der Waals surface area contributed by atoms with Gasteiger partial charge in [0.15, 0.2) is 0 Å². The number of carbonyl (C=O) groups excluding carboxylic acids is 1. The van der Waals surface area contributed by atoms with E-state index >= 15 is 0 Å². The number of nitrogens with one attached hydrogen (secondary N) is 1. The summed E-state index contributed by atoms with van der Waals surface area (Å²) >= 11 is 1.39. The Kier molecular flexibility index (Phi) is 4.86. The topological polar surface area (TPSA) is 69.6 Å². The van der Waals surface area contributed by atoms with Gasteiger partial charge in [0.2, 0.25) is 5.92 Å². The number of nitrogens with zero attached hydrogens (tertiary/aromatic N) is 1. The summed E-state index contributed by atoms with van der Waals surface area (Å²) in [4.78, 5) is 27.1. The van der Waals surface area contributed by atoms with Crippen molar-refractivity contribution < 1.29 is 23.5 Å². The molecule has 0 aliphatic heterocycles. The third-order valence-corrected chi connectivity index (χ3v) is 7.04.